The van der Waals surface area contributed by atoms with Gasteiger partial charge in [0.2, 0.25) is 0 Å². The highest BCUT2D eigenvalue weighted by molar-refractivity contribution is 6.70. The van der Waals surface area contributed by atoms with Crippen molar-refractivity contribution in [2.75, 3.05) is 0 Å². The Morgan fingerprint density at radius 1 is 1.31 bits per heavy atom. The van der Waals surface area contributed by atoms with Gasteiger partial charge in [-0.2, -0.15) is 4.99 Å². The fourth-order valence-corrected chi connectivity index (χ4v) is 0.760. The Balaban J connectivity index is 4.85. The predicted molar refractivity (Wildman–Crippen MR) is 47.8 cm³/mol. The van der Waals surface area contributed by atoms with Crippen LogP contribution in [0.25, 0.3) is 0 Å². The number of alkyl halides is 3. The summed E-state index contributed by atoms with van der Waals surface area (Å²) in [5.74, 6) is 0. The monoisotopic (exact) mass is 209 g/mol. The van der Waals surface area contributed by atoms with Gasteiger partial charge in [0.15, 0.2) is 0 Å². The number of nitrogens with zero attached hydrogens (tertiary/aromatic N) is 1. The lowest BCUT2D eigenvalue weighted by Gasteiger charge is -2.01. The highest BCUT2D eigenvalue weighted by atomic mass is 35.5. The predicted octanol–water partition coefficient (Wildman–Crippen LogP) is 3.44. The van der Waals surface area contributed by atoms with Crippen molar-refractivity contribution in [2.45, 2.75) is 6.30 Å². The Bertz CT molecular complexity index is 263. The van der Waals surface area contributed by atoms with Gasteiger partial charge >= 0.3 is 6.30 Å². The highest BCUT2D eigenvalue weighted by Crippen LogP contribution is 2.19. The fourth-order valence-electron chi connectivity index (χ4n) is 0.524. The lowest BCUT2D eigenvalue weighted by Crippen LogP contribution is -2.06. The summed E-state index contributed by atoms with van der Waals surface area (Å²) in [5, 5.41) is -0.651. The molecule has 0 bridgehead atoms. The van der Waals surface area contributed by atoms with Crippen LogP contribution in [-0.2, 0) is 0 Å². The van der Waals surface area contributed by atoms with Crippen molar-refractivity contribution in [3.63, 3.8) is 0 Å². The van der Waals surface area contributed by atoms with E-state index >= 15 is 0 Å². The van der Waals surface area contributed by atoms with E-state index in [4.69, 9.17) is 11.6 Å². The van der Waals surface area contributed by atoms with Crippen molar-refractivity contribution in [3.05, 3.63) is 37.0 Å². The van der Waals surface area contributed by atoms with E-state index in [-0.39, 0.29) is 5.57 Å². The molecule has 0 rings (SSSR count). The molecule has 0 N–H and O–H groups in total. The maximum atomic E-state index is 11.7. The maximum Gasteiger partial charge on any atom is 0.504 e. The minimum atomic E-state index is -4.67. The molecule has 0 aromatic rings. The number of hydrogen-bond acceptors (Lipinski definition) is 1. The molecule has 72 valence electrons. The quantitative estimate of drug-likeness (QED) is 0.384. The molecule has 0 aliphatic heterocycles. The summed E-state index contributed by atoms with van der Waals surface area (Å²) in [7, 11) is 0. The summed E-state index contributed by atoms with van der Waals surface area (Å²) in [6, 6.07) is 0. The lowest BCUT2D eigenvalue weighted by molar-refractivity contribution is -0.119. The molecule has 0 heterocycles. The van der Waals surface area contributed by atoms with Crippen molar-refractivity contribution in [3.8, 4) is 0 Å². The van der Waals surface area contributed by atoms with Crippen LogP contribution in [-0.4, -0.2) is 11.5 Å². The van der Waals surface area contributed by atoms with Crippen LogP contribution in [0.5, 0.6) is 0 Å². The first-order valence-corrected chi connectivity index (χ1v) is 3.56. The first-order valence-electron chi connectivity index (χ1n) is 3.18. The number of halogens is 4. The number of rotatable bonds is 3. The van der Waals surface area contributed by atoms with Gasteiger partial charge in [-0.3, -0.25) is 0 Å². The van der Waals surface area contributed by atoms with Crippen molar-refractivity contribution in [1.82, 2.24) is 0 Å². The van der Waals surface area contributed by atoms with E-state index in [1.165, 1.54) is 18.2 Å². The van der Waals surface area contributed by atoms with E-state index in [0.29, 0.717) is 0 Å². The van der Waals surface area contributed by atoms with Crippen molar-refractivity contribution in [2.24, 2.45) is 4.99 Å². The molecule has 0 spiro atoms. The summed E-state index contributed by atoms with van der Waals surface area (Å²) >= 11 is 5.25. The van der Waals surface area contributed by atoms with Gasteiger partial charge in [-0.05, 0) is 0 Å². The number of allylic oxidation sites excluding steroid dienone is 4. The van der Waals surface area contributed by atoms with Crippen LogP contribution < -0.4 is 0 Å². The van der Waals surface area contributed by atoms with Crippen molar-refractivity contribution < 1.29 is 13.2 Å². The summed E-state index contributed by atoms with van der Waals surface area (Å²) in [5.41, 5.74) is 0.0778. The third-order valence-corrected chi connectivity index (χ3v) is 1.28. The molecule has 0 fully saturated rings. The Labute approximate surface area is 78.9 Å². The zero-order valence-corrected chi connectivity index (χ0v) is 7.36. The summed E-state index contributed by atoms with van der Waals surface area (Å²) in [4.78, 5) is 2.29. The van der Waals surface area contributed by atoms with Crippen LogP contribution in [0.1, 0.15) is 0 Å². The molecule has 0 saturated heterocycles. The lowest BCUT2D eigenvalue weighted by atomic mass is 10.2. The fraction of sp³-hybridized carbons (Fsp3) is 0.125. The van der Waals surface area contributed by atoms with E-state index in [2.05, 4.69) is 18.2 Å². The van der Waals surface area contributed by atoms with Crippen LogP contribution in [0.3, 0.4) is 0 Å². The molecule has 0 saturated carbocycles. The molecule has 5 heteroatoms. The Hall–Kier alpha value is -1.03. The number of hydrogen-bond donors (Lipinski definition) is 0. The zero-order chi connectivity index (χ0) is 10.5. The number of aliphatic imine (C=N–C) groups is 1. The largest absolute Gasteiger partial charge is 0.504 e. The Morgan fingerprint density at radius 2 is 1.85 bits per heavy atom. The average molecular weight is 210 g/mol. The van der Waals surface area contributed by atoms with E-state index in [1.807, 2.05) is 0 Å². The van der Waals surface area contributed by atoms with E-state index < -0.39 is 11.5 Å². The molecular formula is C8H7ClF3N. The van der Waals surface area contributed by atoms with Gasteiger partial charge in [0.05, 0.1) is 0 Å². The molecule has 0 aromatic heterocycles. The molecular weight excluding hydrogens is 203 g/mol. The maximum absolute atomic E-state index is 11.7. The van der Waals surface area contributed by atoms with Crippen LogP contribution >= 0.6 is 11.6 Å². The Morgan fingerprint density at radius 3 is 2.15 bits per heavy atom. The summed E-state index contributed by atoms with van der Waals surface area (Å²) < 4.78 is 35.1. The minimum absolute atomic E-state index is 0.0778. The standard InChI is InChI=1S/C8H7ClF3N/c1-3-5-6(4-2)7(9)13-8(10,11)12/h3-5H,1-2H2/b6-5-,13-7+. The second-order valence-corrected chi connectivity index (χ2v) is 2.29. The summed E-state index contributed by atoms with van der Waals surface area (Å²) in [6.45, 7) is 6.59. The van der Waals surface area contributed by atoms with E-state index in [0.717, 1.165) is 0 Å². The van der Waals surface area contributed by atoms with Crippen LogP contribution in [0, 0.1) is 0 Å². The van der Waals surface area contributed by atoms with Gasteiger partial charge in [-0.15, -0.1) is 13.2 Å². The van der Waals surface area contributed by atoms with Gasteiger partial charge in [-0.25, -0.2) is 0 Å². The van der Waals surface area contributed by atoms with Gasteiger partial charge in [0.1, 0.15) is 5.17 Å². The summed E-state index contributed by atoms with van der Waals surface area (Å²) in [6.07, 6.45) is -0.921. The molecule has 0 aromatic carbocycles. The van der Waals surface area contributed by atoms with Crippen molar-refractivity contribution in [1.29, 1.82) is 0 Å². The zero-order valence-electron chi connectivity index (χ0n) is 6.61. The van der Waals surface area contributed by atoms with E-state index in [1.54, 1.807) is 0 Å². The molecule has 0 radical (unpaired) electrons. The topological polar surface area (TPSA) is 12.4 Å². The molecule has 0 aliphatic carbocycles. The van der Waals surface area contributed by atoms with Gasteiger partial charge in [0, 0.05) is 5.57 Å². The van der Waals surface area contributed by atoms with Gasteiger partial charge < -0.3 is 0 Å². The van der Waals surface area contributed by atoms with Gasteiger partial charge in [0.25, 0.3) is 0 Å². The normalized spacial score (nSPS) is 14.2. The first kappa shape index (κ1) is 12.0. The average Bonchev–Trinajstić information content (AvgIpc) is 1.96. The molecule has 0 aliphatic rings. The first-order chi connectivity index (χ1) is 5.90. The molecule has 0 unspecified atom stereocenters. The second-order valence-electron chi connectivity index (χ2n) is 1.93. The smallest absolute Gasteiger partial charge is 0.171 e. The Kier molecular flexibility index (Phi) is 4.48. The second kappa shape index (κ2) is 4.87. The van der Waals surface area contributed by atoms with E-state index in [9.17, 15) is 13.2 Å². The van der Waals surface area contributed by atoms with Crippen LogP contribution in [0.2, 0.25) is 0 Å². The molecule has 0 amide bonds. The van der Waals surface area contributed by atoms with Gasteiger partial charge in [-0.1, -0.05) is 43.0 Å². The molecule has 0 atom stereocenters. The molecule has 13 heavy (non-hydrogen) atoms. The SMILES string of the molecule is C=C/C=C(C=C)\C(Cl)=N/C(F)(F)F. The highest BCUT2D eigenvalue weighted by Gasteiger charge is 2.27. The van der Waals surface area contributed by atoms with Crippen LogP contribution in [0.4, 0.5) is 13.2 Å². The van der Waals surface area contributed by atoms with Crippen LogP contribution in [0.15, 0.2) is 42.0 Å². The molecule has 1 nitrogen and oxygen atoms in total. The third kappa shape index (κ3) is 5.25. The third-order valence-electron chi connectivity index (χ3n) is 0.980. The van der Waals surface area contributed by atoms with Crippen molar-refractivity contribution >= 4 is 16.8 Å². The minimum Gasteiger partial charge on any atom is -0.171 e.